The highest BCUT2D eigenvalue weighted by atomic mass is 16.4. The molecule has 1 aliphatic rings. The molecule has 1 fully saturated rings. The monoisotopic (exact) mass is 228 g/mol. The van der Waals surface area contributed by atoms with Gasteiger partial charge in [-0.05, 0) is 33.1 Å². The molecule has 0 radical (unpaired) electrons. The van der Waals surface area contributed by atoms with Crippen LogP contribution in [0.4, 0.5) is 0 Å². The van der Waals surface area contributed by atoms with E-state index in [-0.39, 0.29) is 24.9 Å². The van der Waals surface area contributed by atoms with Crippen LogP contribution in [-0.4, -0.2) is 40.0 Å². The lowest BCUT2D eigenvalue weighted by molar-refractivity contribution is -0.144. The Morgan fingerprint density at radius 2 is 2.00 bits per heavy atom. The molecule has 3 N–H and O–H groups in total. The number of carboxylic acid groups (broad SMARTS) is 1. The third kappa shape index (κ3) is 2.72. The smallest absolute Gasteiger partial charge is 0.305 e. The van der Waals surface area contributed by atoms with E-state index in [0.717, 1.165) is 6.42 Å². The fraction of sp³-hybridized carbons (Fsp3) is 0.818. The fourth-order valence-corrected chi connectivity index (χ4v) is 1.87. The summed E-state index contributed by atoms with van der Waals surface area (Å²) in [7, 11) is 0. The van der Waals surface area contributed by atoms with E-state index in [2.05, 4.69) is 0 Å². The molecule has 1 amide bonds. The molecular weight excluding hydrogens is 208 g/mol. The molecule has 16 heavy (non-hydrogen) atoms. The summed E-state index contributed by atoms with van der Waals surface area (Å²) in [5.74, 6) is -0.992. The van der Waals surface area contributed by atoms with Crippen molar-refractivity contribution in [1.29, 1.82) is 0 Å². The van der Waals surface area contributed by atoms with Crippen LogP contribution in [0.5, 0.6) is 0 Å². The highest BCUT2D eigenvalue weighted by Crippen LogP contribution is 2.31. The molecule has 5 nitrogen and oxygen atoms in total. The van der Waals surface area contributed by atoms with Crippen LogP contribution in [-0.2, 0) is 9.59 Å². The third-order valence-corrected chi connectivity index (χ3v) is 3.12. The molecule has 0 saturated heterocycles. The second-order valence-corrected chi connectivity index (χ2v) is 4.75. The summed E-state index contributed by atoms with van der Waals surface area (Å²) in [5, 5.41) is 8.63. The largest absolute Gasteiger partial charge is 0.481 e. The minimum absolute atomic E-state index is 0.00660. The molecule has 0 aromatic carbocycles. The average molecular weight is 228 g/mol. The molecule has 0 bridgehead atoms. The number of amides is 1. The van der Waals surface area contributed by atoms with E-state index in [1.54, 1.807) is 4.90 Å². The third-order valence-electron chi connectivity index (χ3n) is 3.12. The highest BCUT2D eigenvalue weighted by Gasteiger charge is 2.43. The number of carboxylic acids is 1. The summed E-state index contributed by atoms with van der Waals surface area (Å²) in [6.07, 6.45) is 2.37. The van der Waals surface area contributed by atoms with Gasteiger partial charge in [-0.1, -0.05) is 0 Å². The van der Waals surface area contributed by atoms with E-state index in [1.807, 2.05) is 13.8 Å². The van der Waals surface area contributed by atoms with Gasteiger partial charge in [0.2, 0.25) is 5.91 Å². The maximum absolute atomic E-state index is 12.1. The summed E-state index contributed by atoms with van der Waals surface area (Å²) in [6, 6.07) is -0.00660. The van der Waals surface area contributed by atoms with Gasteiger partial charge < -0.3 is 15.7 Å². The van der Waals surface area contributed by atoms with Gasteiger partial charge in [0.25, 0.3) is 0 Å². The summed E-state index contributed by atoms with van der Waals surface area (Å²) in [6.45, 7) is 3.99. The van der Waals surface area contributed by atoms with Crippen molar-refractivity contribution >= 4 is 11.9 Å². The Hall–Kier alpha value is -1.10. The zero-order valence-corrected chi connectivity index (χ0v) is 9.90. The number of hydrogen-bond donors (Lipinski definition) is 2. The molecule has 1 rings (SSSR count). The molecule has 0 atom stereocenters. The lowest BCUT2D eigenvalue weighted by atomic mass is 9.76. The van der Waals surface area contributed by atoms with Crippen molar-refractivity contribution in [3.05, 3.63) is 0 Å². The van der Waals surface area contributed by atoms with Crippen LogP contribution in [0.15, 0.2) is 0 Å². The number of rotatable bonds is 5. The number of carbonyl (C=O) groups is 2. The molecule has 0 spiro atoms. The summed E-state index contributed by atoms with van der Waals surface area (Å²) in [4.78, 5) is 24.2. The van der Waals surface area contributed by atoms with Crippen LogP contribution in [0.2, 0.25) is 0 Å². The van der Waals surface area contributed by atoms with Crippen molar-refractivity contribution in [2.24, 2.45) is 5.73 Å². The quantitative estimate of drug-likeness (QED) is 0.721. The zero-order chi connectivity index (χ0) is 12.3. The van der Waals surface area contributed by atoms with Crippen molar-refractivity contribution in [1.82, 2.24) is 4.90 Å². The Kier molecular flexibility index (Phi) is 3.91. The first-order chi connectivity index (χ1) is 7.37. The van der Waals surface area contributed by atoms with Crippen LogP contribution in [0.3, 0.4) is 0 Å². The van der Waals surface area contributed by atoms with Gasteiger partial charge in [0.1, 0.15) is 0 Å². The number of aliphatic carboxylic acids is 1. The molecule has 0 heterocycles. The van der Waals surface area contributed by atoms with Crippen molar-refractivity contribution in [3.8, 4) is 0 Å². The molecule has 5 heteroatoms. The van der Waals surface area contributed by atoms with Gasteiger partial charge in [0.15, 0.2) is 0 Å². The summed E-state index contributed by atoms with van der Waals surface area (Å²) in [5.41, 5.74) is 5.22. The normalized spacial score (nSPS) is 18.0. The van der Waals surface area contributed by atoms with E-state index in [4.69, 9.17) is 10.8 Å². The summed E-state index contributed by atoms with van der Waals surface area (Å²) >= 11 is 0. The van der Waals surface area contributed by atoms with Crippen molar-refractivity contribution in [2.75, 3.05) is 6.54 Å². The van der Waals surface area contributed by atoms with Gasteiger partial charge in [-0.25, -0.2) is 0 Å². The average Bonchev–Trinajstić information content (AvgIpc) is 2.13. The SMILES string of the molecule is CC(C)N(CCC(=O)O)C(=O)C1(N)CCC1. The van der Waals surface area contributed by atoms with Crippen LogP contribution < -0.4 is 5.73 Å². The number of carbonyl (C=O) groups excluding carboxylic acids is 1. The Morgan fingerprint density at radius 3 is 2.31 bits per heavy atom. The predicted octanol–water partition coefficient (Wildman–Crippen LogP) is 0.579. The topological polar surface area (TPSA) is 83.6 Å². The fourth-order valence-electron chi connectivity index (χ4n) is 1.87. The molecule has 1 saturated carbocycles. The second kappa shape index (κ2) is 4.82. The van der Waals surface area contributed by atoms with E-state index >= 15 is 0 Å². The molecule has 0 aromatic heterocycles. The number of nitrogens with two attached hydrogens (primary N) is 1. The minimum atomic E-state index is -0.891. The zero-order valence-electron chi connectivity index (χ0n) is 9.90. The summed E-state index contributed by atoms with van der Waals surface area (Å²) < 4.78 is 0. The van der Waals surface area contributed by atoms with E-state index in [0.29, 0.717) is 12.8 Å². The van der Waals surface area contributed by atoms with Gasteiger partial charge in [-0.2, -0.15) is 0 Å². The highest BCUT2D eigenvalue weighted by molar-refractivity contribution is 5.87. The van der Waals surface area contributed by atoms with E-state index in [1.165, 1.54) is 0 Å². The Balaban J connectivity index is 2.62. The number of nitrogens with zero attached hydrogens (tertiary/aromatic N) is 1. The van der Waals surface area contributed by atoms with Gasteiger partial charge in [-0.3, -0.25) is 9.59 Å². The standard InChI is InChI=1S/C11H20N2O3/c1-8(2)13(7-4-9(14)15)10(16)11(12)5-3-6-11/h8H,3-7,12H2,1-2H3,(H,14,15). The van der Waals surface area contributed by atoms with Gasteiger partial charge in [0, 0.05) is 12.6 Å². The van der Waals surface area contributed by atoms with Gasteiger partial charge in [0.05, 0.1) is 12.0 Å². The maximum Gasteiger partial charge on any atom is 0.305 e. The molecule has 0 aliphatic heterocycles. The van der Waals surface area contributed by atoms with Crippen molar-refractivity contribution in [2.45, 2.75) is 51.1 Å². The van der Waals surface area contributed by atoms with E-state index in [9.17, 15) is 9.59 Å². The Labute approximate surface area is 95.6 Å². The first-order valence-electron chi connectivity index (χ1n) is 5.68. The first-order valence-corrected chi connectivity index (χ1v) is 5.68. The second-order valence-electron chi connectivity index (χ2n) is 4.75. The molecule has 92 valence electrons. The van der Waals surface area contributed by atoms with Gasteiger partial charge >= 0.3 is 5.97 Å². The maximum atomic E-state index is 12.1. The first kappa shape index (κ1) is 13.0. The molecule has 1 aliphatic carbocycles. The van der Waals surface area contributed by atoms with Crippen LogP contribution in [0.1, 0.15) is 39.5 Å². The predicted molar refractivity (Wildman–Crippen MR) is 59.9 cm³/mol. The number of hydrogen-bond acceptors (Lipinski definition) is 3. The molecule has 0 unspecified atom stereocenters. The van der Waals surface area contributed by atoms with Crippen molar-refractivity contribution in [3.63, 3.8) is 0 Å². The van der Waals surface area contributed by atoms with Crippen LogP contribution in [0.25, 0.3) is 0 Å². The lowest BCUT2D eigenvalue weighted by Crippen LogP contribution is -2.61. The Bertz CT molecular complexity index is 285. The van der Waals surface area contributed by atoms with E-state index < -0.39 is 11.5 Å². The van der Waals surface area contributed by atoms with Gasteiger partial charge in [-0.15, -0.1) is 0 Å². The van der Waals surface area contributed by atoms with Crippen LogP contribution in [0, 0.1) is 0 Å². The lowest BCUT2D eigenvalue weighted by Gasteiger charge is -2.41. The molecule has 0 aromatic rings. The molecular formula is C11H20N2O3. The Morgan fingerprint density at radius 1 is 1.44 bits per heavy atom. The van der Waals surface area contributed by atoms with Crippen molar-refractivity contribution < 1.29 is 14.7 Å². The minimum Gasteiger partial charge on any atom is -0.481 e. The van der Waals surface area contributed by atoms with Crippen LogP contribution >= 0.6 is 0 Å².